The van der Waals surface area contributed by atoms with Crippen molar-refractivity contribution in [3.63, 3.8) is 0 Å². The number of nitrogen functional groups attached to an aromatic ring is 1. The van der Waals surface area contributed by atoms with Crippen LogP contribution in [0.25, 0.3) is 0 Å². The van der Waals surface area contributed by atoms with Gasteiger partial charge in [-0.15, -0.1) is 5.10 Å². The maximum atomic E-state index is 9.51. The van der Waals surface area contributed by atoms with Gasteiger partial charge >= 0.3 is 0 Å². The molecule has 5 nitrogen and oxygen atoms in total. The van der Waals surface area contributed by atoms with Crippen LogP contribution in [0.3, 0.4) is 0 Å². The predicted molar refractivity (Wildman–Crippen MR) is 43.3 cm³/mol. The largest absolute Gasteiger partial charge is 0.391 e. The fraction of sp³-hybridized carbons (Fsp3) is 0.714. The second-order valence-corrected chi connectivity index (χ2v) is 3.16. The normalized spacial score (nSPS) is 29.4. The molecule has 1 aliphatic rings. The Morgan fingerprint density at radius 3 is 2.92 bits per heavy atom. The molecule has 1 saturated carbocycles. The number of nitrogens with two attached hydrogens (primary N) is 1. The van der Waals surface area contributed by atoms with E-state index in [2.05, 4.69) is 10.2 Å². The Kier molecular flexibility index (Phi) is 1.73. The van der Waals surface area contributed by atoms with E-state index in [0.717, 1.165) is 19.3 Å². The Morgan fingerprint density at radius 2 is 2.42 bits per heavy atom. The van der Waals surface area contributed by atoms with Gasteiger partial charge in [-0.05, 0) is 19.3 Å². The molecule has 5 heteroatoms. The molecule has 1 aromatic heterocycles. The predicted octanol–water partition coefficient (Wildman–Crippen LogP) is -0.0538. The summed E-state index contributed by atoms with van der Waals surface area (Å²) in [5.74, 6) is 0.411. The number of nitrogens with zero attached hydrogens (tertiary/aromatic N) is 3. The van der Waals surface area contributed by atoms with Crippen molar-refractivity contribution < 1.29 is 5.11 Å². The first-order chi connectivity index (χ1) is 5.77. The Bertz CT molecular complexity index is 272. The first-order valence-corrected chi connectivity index (χ1v) is 4.13. The van der Waals surface area contributed by atoms with Crippen molar-refractivity contribution in [3.8, 4) is 0 Å². The van der Waals surface area contributed by atoms with Crippen LogP contribution in [0.4, 0.5) is 5.82 Å². The molecule has 1 aliphatic carbocycles. The average Bonchev–Trinajstić information content (AvgIpc) is 2.58. The van der Waals surface area contributed by atoms with Gasteiger partial charge in [0.15, 0.2) is 5.82 Å². The van der Waals surface area contributed by atoms with Crippen molar-refractivity contribution >= 4 is 5.82 Å². The van der Waals surface area contributed by atoms with Gasteiger partial charge in [0.2, 0.25) is 0 Å². The van der Waals surface area contributed by atoms with Crippen LogP contribution >= 0.6 is 0 Å². The lowest BCUT2D eigenvalue weighted by molar-refractivity contribution is 0.123. The van der Waals surface area contributed by atoms with Crippen LogP contribution in [0.15, 0.2) is 6.20 Å². The second kappa shape index (κ2) is 2.75. The monoisotopic (exact) mass is 168 g/mol. The molecule has 2 unspecified atom stereocenters. The maximum absolute atomic E-state index is 9.51. The van der Waals surface area contributed by atoms with Crippen molar-refractivity contribution in [2.75, 3.05) is 5.73 Å². The SMILES string of the molecule is Nc1cnn(C2CCCC2O)n1. The van der Waals surface area contributed by atoms with Crippen molar-refractivity contribution in [1.82, 2.24) is 15.0 Å². The zero-order valence-corrected chi connectivity index (χ0v) is 6.72. The summed E-state index contributed by atoms with van der Waals surface area (Å²) in [5, 5.41) is 17.4. The highest BCUT2D eigenvalue weighted by Crippen LogP contribution is 2.28. The summed E-state index contributed by atoms with van der Waals surface area (Å²) < 4.78 is 0. The molecule has 0 radical (unpaired) electrons. The van der Waals surface area contributed by atoms with Crippen molar-refractivity contribution in [2.24, 2.45) is 0 Å². The molecule has 0 aromatic carbocycles. The Morgan fingerprint density at radius 1 is 1.58 bits per heavy atom. The maximum Gasteiger partial charge on any atom is 0.165 e. The zero-order chi connectivity index (χ0) is 8.55. The Labute approximate surface area is 70.2 Å². The van der Waals surface area contributed by atoms with Crippen LogP contribution in [0, 0.1) is 0 Å². The first-order valence-electron chi connectivity index (χ1n) is 4.13. The minimum atomic E-state index is -0.309. The third-order valence-corrected chi connectivity index (χ3v) is 2.27. The minimum absolute atomic E-state index is 0.0299. The number of aliphatic hydroxyl groups excluding tert-OH is 1. The van der Waals surface area contributed by atoms with E-state index in [1.54, 1.807) is 0 Å². The highest BCUT2D eigenvalue weighted by atomic mass is 16.3. The van der Waals surface area contributed by atoms with Crippen molar-refractivity contribution in [3.05, 3.63) is 6.20 Å². The molecule has 66 valence electrons. The van der Waals surface area contributed by atoms with E-state index in [4.69, 9.17) is 5.73 Å². The summed E-state index contributed by atoms with van der Waals surface area (Å²) in [5.41, 5.74) is 5.42. The fourth-order valence-electron chi connectivity index (χ4n) is 1.64. The molecule has 0 bridgehead atoms. The van der Waals surface area contributed by atoms with Gasteiger partial charge in [-0.1, -0.05) is 0 Å². The number of aliphatic hydroxyl groups is 1. The van der Waals surface area contributed by atoms with E-state index in [0.29, 0.717) is 5.82 Å². The number of anilines is 1. The van der Waals surface area contributed by atoms with Gasteiger partial charge < -0.3 is 10.8 Å². The van der Waals surface area contributed by atoms with Crippen LogP contribution in [0.5, 0.6) is 0 Å². The van der Waals surface area contributed by atoms with Crippen LogP contribution in [0.2, 0.25) is 0 Å². The molecule has 1 aromatic rings. The molecule has 2 atom stereocenters. The topological polar surface area (TPSA) is 77.0 Å². The zero-order valence-electron chi connectivity index (χ0n) is 6.72. The van der Waals surface area contributed by atoms with Crippen LogP contribution in [-0.2, 0) is 0 Å². The van der Waals surface area contributed by atoms with Crippen molar-refractivity contribution in [1.29, 1.82) is 0 Å². The fourth-order valence-corrected chi connectivity index (χ4v) is 1.64. The van der Waals surface area contributed by atoms with E-state index < -0.39 is 0 Å². The van der Waals surface area contributed by atoms with E-state index >= 15 is 0 Å². The van der Waals surface area contributed by atoms with E-state index in [-0.39, 0.29) is 12.1 Å². The lowest BCUT2D eigenvalue weighted by Crippen LogP contribution is -2.20. The molecule has 1 fully saturated rings. The number of hydrogen-bond donors (Lipinski definition) is 2. The van der Waals surface area contributed by atoms with E-state index in [9.17, 15) is 5.11 Å². The third kappa shape index (κ3) is 1.16. The third-order valence-electron chi connectivity index (χ3n) is 2.27. The number of aromatic nitrogens is 3. The molecule has 0 saturated heterocycles. The highest BCUT2D eigenvalue weighted by Gasteiger charge is 2.28. The quantitative estimate of drug-likeness (QED) is 0.616. The molecule has 0 spiro atoms. The molecular weight excluding hydrogens is 156 g/mol. The molecule has 0 aliphatic heterocycles. The molecule has 0 amide bonds. The van der Waals surface area contributed by atoms with Gasteiger partial charge in [-0.25, -0.2) is 0 Å². The summed E-state index contributed by atoms with van der Waals surface area (Å²) in [6, 6.07) is 0.0299. The van der Waals surface area contributed by atoms with Gasteiger partial charge in [0.1, 0.15) is 0 Å². The number of rotatable bonds is 1. The lowest BCUT2D eigenvalue weighted by Gasteiger charge is -2.12. The second-order valence-electron chi connectivity index (χ2n) is 3.16. The smallest absolute Gasteiger partial charge is 0.165 e. The van der Waals surface area contributed by atoms with Crippen LogP contribution in [-0.4, -0.2) is 26.2 Å². The van der Waals surface area contributed by atoms with Crippen LogP contribution < -0.4 is 5.73 Å². The Balaban J connectivity index is 2.19. The molecule has 12 heavy (non-hydrogen) atoms. The van der Waals surface area contributed by atoms with Crippen LogP contribution in [0.1, 0.15) is 25.3 Å². The van der Waals surface area contributed by atoms with Gasteiger partial charge in [-0.3, -0.25) is 0 Å². The van der Waals surface area contributed by atoms with Gasteiger partial charge in [0.05, 0.1) is 18.3 Å². The number of hydrogen-bond acceptors (Lipinski definition) is 4. The summed E-state index contributed by atoms with van der Waals surface area (Å²) in [6.07, 6.45) is 4.01. The highest BCUT2D eigenvalue weighted by molar-refractivity contribution is 5.19. The van der Waals surface area contributed by atoms with Gasteiger partial charge in [-0.2, -0.15) is 9.90 Å². The summed E-state index contributed by atoms with van der Waals surface area (Å²) in [6.45, 7) is 0. The van der Waals surface area contributed by atoms with Gasteiger partial charge in [0, 0.05) is 0 Å². The first kappa shape index (κ1) is 7.54. The summed E-state index contributed by atoms with van der Waals surface area (Å²) in [4.78, 5) is 1.52. The molecular formula is C7H12N4O. The Hall–Kier alpha value is -1.10. The summed E-state index contributed by atoms with van der Waals surface area (Å²) in [7, 11) is 0. The molecule has 2 rings (SSSR count). The molecule has 3 N–H and O–H groups in total. The standard InChI is InChI=1S/C7H12N4O/c8-7-4-9-11(10-7)5-2-1-3-6(5)12/h4-6,12H,1-3H2,(H2,8,10). The van der Waals surface area contributed by atoms with Gasteiger partial charge in [0.25, 0.3) is 0 Å². The lowest BCUT2D eigenvalue weighted by atomic mass is 10.2. The minimum Gasteiger partial charge on any atom is -0.391 e. The van der Waals surface area contributed by atoms with Crippen molar-refractivity contribution in [2.45, 2.75) is 31.4 Å². The molecule has 1 heterocycles. The van der Waals surface area contributed by atoms with E-state index in [1.165, 1.54) is 11.0 Å². The summed E-state index contributed by atoms with van der Waals surface area (Å²) >= 11 is 0. The average molecular weight is 168 g/mol. The van der Waals surface area contributed by atoms with E-state index in [1.807, 2.05) is 0 Å².